The molecule has 2 aromatic rings. The average Bonchev–Trinajstić information content (AvgIpc) is 2.78. The molecule has 0 aliphatic heterocycles. The molecule has 0 unspecified atom stereocenters. The first-order valence-corrected chi connectivity index (χ1v) is 6.91. The SMILES string of the molecule is CCOC(=O)Cc1c(Cl)ccc2[nH]c(C)c(C(=O)OC)c12. The summed E-state index contributed by atoms with van der Waals surface area (Å²) < 4.78 is 9.77. The summed E-state index contributed by atoms with van der Waals surface area (Å²) in [5.41, 5.74) is 2.37. The first-order valence-electron chi connectivity index (χ1n) is 6.53. The lowest BCUT2D eigenvalue weighted by Gasteiger charge is -2.08. The molecule has 5 nitrogen and oxygen atoms in total. The van der Waals surface area contributed by atoms with Crippen LogP contribution in [0.5, 0.6) is 0 Å². The van der Waals surface area contributed by atoms with Crippen LogP contribution >= 0.6 is 11.6 Å². The lowest BCUT2D eigenvalue weighted by molar-refractivity contribution is -0.142. The van der Waals surface area contributed by atoms with Crippen molar-refractivity contribution in [1.82, 2.24) is 4.98 Å². The number of methoxy groups -OCH3 is 1. The number of hydrogen-bond donors (Lipinski definition) is 1. The van der Waals surface area contributed by atoms with E-state index in [2.05, 4.69) is 4.98 Å². The lowest BCUT2D eigenvalue weighted by Crippen LogP contribution is -2.09. The molecule has 0 fully saturated rings. The maximum absolute atomic E-state index is 12.0. The zero-order chi connectivity index (χ0) is 15.6. The fourth-order valence-corrected chi connectivity index (χ4v) is 2.57. The number of carbonyl (C=O) groups excluding carboxylic acids is 2. The van der Waals surface area contributed by atoms with Gasteiger partial charge in [-0.05, 0) is 31.5 Å². The van der Waals surface area contributed by atoms with Crippen molar-refractivity contribution in [3.8, 4) is 0 Å². The second-order valence-electron chi connectivity index (χ2n) is 4.55. The van der Waals surface area contributed by atoms with Crippen LogP contribution in [0.3, 0.4) is 0 Å². The number of carbonyl (C=O) groups is 2. The predicted octanol–water partition coefficient (Wildman–Crippen LogP) is 3.02. The van der Waals surface area contributed by atoms with Crippen molar-refractivity contribution in [3.63, 3.8) is 0 Å². The smallest absolute Gasteiger partial charge is 0.340 e. The molecule has 1 aromatic heterocycles. The number of nitrogens with one attached hydrogen (secondary N) is 1. The number of halogens is 1. The molecule has 0 saturated heterocycles. The number of rotatable bonds is 4. The Morgan fingerprint density at radius 1 is 1.33 bits per heavy atom. The van der Waals surface area contributed by atoms with Crippen LogP contribution in [0.25, 0.3) is 10.9 Å². The Morgan fingerprint density at radius 2 is 2.05 bits per heavy atom. The van der Waals surface area contributed by atoms with Gasteiger partial charge < -0.3 is 14.5 Å². The third-order valence-electron chi connectivity index (χ3n) is 3.22. The lowest BCUT2D eigenvalue weighted by atomic mass is 10.0. The largest absolute Gasteiger partial charge is 0.466 e. The molecule has 0 saturated carbocycles. The molecule has 0 aliphatic carbocycles. The molecule has 0 amide bonds. The van der Waals surface area contributed by atoms with E-state index in [0.29, 0.717) is 33.8 Å². The van der Waals surface area contributed by atoms with E-state index in [9.17, 15) is 9.59 Å². The number of aromatic amines is 1. The van der Waals surface area contributed by atoms with Gasteiger partial charge in [-0.15, -0.1) is 0 Å². The van der Waals surface area contributed by atoms with Gasteiger partial charge in [-0.2, -0.15) is 0 Å². The molecular formula is C15H16ClNO4. The van der Waals surface area contributed by atoms with Crippen molar-refractivity contribution >= 4 is 34.4 Å². The highest BCUT2D eigenvalue weighted by atomic mass is 35.5. The van der Waals surface area contributed by atoms with Crippen LogP contribution in [-0.4, -0.2) is 30.6 Å². The molecule has 112 valence electrons. The summed E-state index contributed by atoms with van der Waals surface area (Å²) in [6.07, 6.45) is 0.00526. The van der Waals surface area contributed by atoms with Gasteiger partial charge in [0.25, 0.3) is 0 Å². The van der Waals surface area contributed by atoms with E-state index in [1.54, 1.807) is 26.0 Å². The van der Waals surface area contributed by atoms with Crippen molar-refractivity contribution in [2.45, 2.75) is 20.3 Å². The second-order valence-corrected chi connectivity index (χ2v) is 4.95. The van der Waals surface area contributed by atoms with E-state index >= 15 is 0 Å². The molecule has 21 heavy (non-hydrogen) atoms. The normalized spacial score (nSPS) is 10.7. The first-order chi connectivity index (χ1) is 9.99. The Kier molecular flexibility index (Phi) is 4.53. The molecule has 2 rings (SSSR count). The quantitative estimate of drug-likeness (QED) is 0.881. The van der Waals surface area contributed by atoms with Gasteiger partial charge in [-0.1, -0.05) is 11.6 Å². The zero-order valence-electron chi connectivity index (χ0n) is 12.1. The van der Waals surface area contributed by atoms with Crippen molar-refractivity contribution in [2.75, 3.05) is 13.7 Å². The fourth-order valence-electron chi connectivity index (χ4n) is 2.35. The third-order valence-corrected chi connectivity index (χ3v) is 3.57. The summed E-state index contributed by atoms with van der Waals surface area (Å²) in [6, 6.07) is 3.46. The van der Waals surface area contributed by atoms with Crippen LogP contribution in [0, 0.1) is 6.92 Å². The Balaban J connectivity index is 2.64. The number of hydrogen-bond acceptors (Lipinski definition) is 4. The molecule has 1 aromatic carbocycles. The van der Waals surface area contributed by atoms with Gasteiger partial charge >= 0.3 is 11.9 Å². The summed E-state index contributed by atoms with van der Waals surface area (Å²) in [7, 11) is 1.32. The highest BCUT2D eigenvalue weighted by Gasteiger charge is 2.22. The number of ether oxygens (including phenoxy) is 2. The monoisotopic (exact) mass is 309 g/mol. The highest BCUT2D eigenvalue weighted by molar-refractivity contribution is 6.33. The van der Waals surface area contributed by atoms with Crippen molar-refractivity contribution in [1.29, 1.82) is 0 Å². The van der Waals surface area contributed by atoms with E-state index in [0.717, 1.165) is 5.52 Å². The molecule has 1 heterocycles. The van der Waals surface area contributed by atoms with Crippen LogP contribution < -0.4 is 0 Å². The maximum atomic E-state index is 12.0. The van der Waals surface area contributed by atoms with Crippen LogP contribution in [0.15, 0.2) is 12.1 Å². The Morgan fingerprint density at radius 3 is 2.67 bits per heavy atom. The number of fused-ring (bicyclic) bond motifs is 1. The van der Waals surface area contributed by atoms with E-state index < -0.39 is 5.97 Å². The number of aryl methyl sites for hydroxylation is 1. The van der Waals surface area contributed by atoms with E-state index in [1.165, 1.54) is 7.11 Å². The summed E-state index contributed by atoms with van der Waals surface area (Å²) in [6.45, 7) is 3.80. The molecular weight excluding hydrogens is 294 g/mol. The number of aromatic nitrogens is 1. The predicted molar refractivity (Wildman–Crippen MR) is 79.7 cm³/mol. The highest BCUT2D eigenvalue weighted by Crippen LogP contribution is 2.31. The van der Waals surface area contributed by atoms with Gasteiger partial charge in [0, 0.05) is 21.6 Å². The minimum atomic E-state index is -0.467. The molecule has 6 heteroatoms. The molecule has 1 N–H and O–H groups in total. The Labute approximate surface area is 127 Å². The summed E-state index contributed by atoms with van der Waals surface area (Å²) in [4.78, 5) is 26.8. The van der Waals surface area contributed by atoms with Crippen LogP contribution in [0.4, 0.5) is 0 Å². The van der Waals surface area contributed by atoms with Gasteiger partial charge in [-0.25, -0.2) is 4.79 Å². The van der Waals surface area contributed by atoms with Crippen LogP contribution in [-0.2, 0) is 20.7 Å². The molecule has 0 atom stereocenters. The summed E-state index contributed by atoms with van der Waals surface area (Å²) in [5.74, 6) is -0.854. The van der Waals surface area contributed by atoms with Crippen LogP contribution in [0.1, 0.15) is 28.5 Å². The Hall–Kier alpha value is -2.01. The molecule has 0 aliphatic rings. The van der Waals surface area contributed by atoms with Gasteiger partial charge in [0.05, 0.1) is 25.7 Å². The number of H-pyrrole nitrogens is 1. The van der Waals surface area contributed by atoms with Crippen molar-refractivity contribution < 1.29 is 19.1 Å². The summed E-state index contributed by atoms with van der Waals surface area (Å²) in [5, 5.41) is 1.03. The molecule has 0 bridgehead atoms. The second kappa shape index (κ2) is 6.18. The van der Waals surface area contributed by atoms with Gasteiger partial charge in [0.1, 0.15) is 0 Å². The first kappa shape index (κ1) is 15.4. The number of benzene rings is 1. The van der Waals surface area contributed by atoms with Gasteiger partial charge in [-0.3, -0.25) is 4.79 Å². The van der Waals surface area contributed by atoms with Crippen molar-refractivity contribution in [3.05, 3.63) is 34.0 Å². The Bertz CT molecular complexity index is 705. The maximum Gasteiger partial charge on any atom is 0.340 e. The minimum Gasteiger partial charge on any atom is -0.466 e. The topological polar surface area (TPSA) is 68.4 Å². The van der Waals surface area contributed by atoms with E-state index in [1.807, 2.05) is 0 Å². The molecule has 0 spiro atoms. The number of esters is 2. The summed E-state index contributed by atoms with van der Waals surface area (Å²) >= 11 is 6.20. The van der Waals surface area contributed by atoms with Crippen LogP contribution in [0.2, 0.25) is 5.02 Å². The standard InChI is InChI=1S/C15H16ClNO4/c1-4-21-12(18)7-9-10(16)5-6-11-14(9)13(8(2)17-11)15(19)20-3/h5-6,17H,4,7H2,1-3H3. The minimum absolute atomic E-state index is 0.00526. The molecule has 0 radical (unpaired) electrons. The zero-order valence-corrected chi connectivity index (χ0v) is 12.8. The van der Waals surface area contributed by atoms with E-state index in [4.69, 9.17) is 21.1 Å². The average molecular weight is 310 g/mol. The van der Waals surface area contributed by atoms with Gasteiger partial charge in [0.2, 0.25) is 0 Å². The van der Waals surface area contributed by atoms with Gasteiger partial charge in [0.15, 0.2) is 0 Å². The fraction of sp³-hybridized carbons (Fsp3) is 0.333. The van der Waals surface area contributed by atoms with Crippen molar-refractivity contribution in [2.24, 2.45) is 0 Å². The third kappa shape index (κ3) is 2.88. The van der Waals surface area contributed by atoms with E-state index in [-0.39, 0.29) is 12.4 Å².